The molecule has 1 aromatic carbocycles. The summed E-state index contributed by atoms with van der Waals surface area (Å²) in [6.45, 7) is 6.97. The molecule has 0 fully saturated rings. The molecule has 0 atom stereocenters. The van der Waals surface area contributed by atoms with Crippen molar-refractivity contribution in [3.05, 3.63) is 57.5 Å². The molecule has 4 heteroatoms. The lowest BCUT2D eigenvalue weighted by molar-refractivity contribution is 0.0923. The molecule has 1 aromatic heterocycles. The van der Waals surface area contributed by atoms with Crippen molar-refractivity contribution in [3.8, 4) is 0 Å². The molecule has 0 aliphatic carbocycles. The Morgan fingerprint density at radius 3 is 2.85 bits per heavy atom. The quantitative estimate of drug-likeness (QED) is 0.823. The van der Waals surface area contributed by atoms with Gasteiger partial charge >= 0.3 is 0 Å². The fourth-order valence-electron chi connectivity index (χ4n) is 1.99. The smallest absolute Gasteiger partial charge is 0.130 e. The Balaban J connectivity index is 1.85. The van der Waals surface area contributed by atoms with E-state index in [0.29, 0.717) is 13.2 Å². The maximum absolute atomic E-state index is 5.70. The number of furan rings is 1. The fourth-order valence-corrected chi connectivity index (χ4v) is 2.44. The topological polar surface area (TPSA) is 34.4 Å². The van der Waals surface area contributed by atoms with Crippen molar-refractivity contribution >= 4 is 15.9 Å². The second kappa shape index (κ2) is 7.62. The van der Waals surface area contributed by atoms with E-state index in [9.17, 15) is 0 Å². The van der Waals surface area contributed by atoms with Gasteiger partial charge in [0.15, 0.2) is 0 Å². The molecule has 2 rings (SSSR count). The van der Waals surface area contributed by atoms with Gasteiger partial charge in [-0.25, -0.2) is 0 Å². The summed E-state index contributed by atoms with van der Waals surface area (Å²) < 4.78 is 12.5. The van der Waals surface area contributed by atoms with Gasteiger partial charge in [-0.2, -0.15) is 0 Å². The van der Waals surface area contributed by atoms with Crippen LogP contribution >= 0.6 is 15.9 Å². The first-order chi connectivity index (χ1) is 9.69. The van der Waals surface area contributed by atoms with E-state index in [1.165, 1.54) is 5.56 Å². The average Bonchev–Trinajstić information content (AvgIpc) is 2.77. The van der Waals surface area contributed by atoms with Crippen LogP contribution in [0.5, 0.6) is 0 Å². The number of nitrogens with one attached hydrogen (secondary N) is 1. The number of hydrogen-bond donors (Lipinski definition) is 1. The number of hydrogen-bond acceptors (Lipinski definition) is 3. The second-order valence-electron chi connectivity index (χ2n) is 4.70. The van der Waals surface area contributed by atoms with Crippen LogP contribution in [0.1, 0.15) is 29.6 Å². The summed E-state index contributed by atoms with van der Waals surface area (Å²) >= 11 is 3.45. The zero-order valence-corrected chi connectivity index (χ0v) is 13.5. The monoisotopic (exact) mass is 337 g/mol. The molecule has 2 aromatic rings. The Kier molecular flexibility index (Phi) is 5.83. The van der Waals surface area contributed by atoms with E-state index in [2.05, 4.69) is 46.4 Å². The maximum Gasteiger partial charge on any atom is 0.130 e. The molecule has 0 bridgehead atoms. The van der Waals surface area contributed by atoms with Gasteiger partial charge in [0.05, 0.1) is 6.61 Å². The molecular formula is C16H20BrNO2. The van der Waals surface area contributed by atoms with Crippen molar-refractivity contribution in [3.63, 3.8) is 0 Å². The minimum Gasteiger partial charge on any atom is -0.464 e. The molecule has 20 heavy (non-hydrogen) atoms. The van der Waals surface area contributed by atoms with Gasteiger partial charge < -0.3 is 14.5 Å². The van der Waals surface area contributed by atoms with E-state index in [1.807, 2.05) is 19.1 Å². The van der Waals surface area contributed by atoms with E-state index in [1.54, 1.807) is 0 Å². The summed E-state index contributed by atoms with van der Waals surface area (Å²) in [6, 6.07) is 10.2. The van der Waals surface area contributed by atoms with Crippen molar-refractivity contribution in [1.29, 1.82) is 0 Å². The van der Waals surface area contributed by atoms with Gasteiger partial charge in [-0.3, -0.25) is 0 Å². The van der Waals surface area contributed by atoms with Gasteiger partial charge in [-0.15, -0.1) is 0 Å². The van der Waals surface area contributed by atoms with Crippen molar-refractivity contribution in [2.45, 2.75) is 33.6 Å². The van der Waals surface area contributed by atoms with Crippen molar-refractivity contribution < 1.29 is 9.15 Å². The second-order valence-corrected chi connectivity index (χ2v) is 5.61. The van der Waals surface area contributed by atoms with Crippen LogP contribution in [0.15, 0.2) is 39.2 Å². The lowest BCUT2D eigenvalue weighted by atomic mass is 10.2. The van der Waals surface area contributed by atoms with E-state index in [0.717, 1.165) is 34.6 Å². The molecule has 3 nitrogen and oxygen atoms in total. The van der Waals surface area contributed by atoms with Gasteiger partial charge in [-0.1, -0.05) is 35.0 Å². The average molecular weight is 338 g/mol. The van der Waals surface area contributed by atoms with Gasteiger partial charge in [-0.05, 0) is 37.2 Å². The SMILES string of the molecule is CCNCc1cc(COCc2cccc(Br)c2)oc1C. The molecule has 0 saturated carbocycles. The number of rotatable bonds is 7. The summed E-state index contributed by atoms with van der Waals surface area (Å²) in [7, 11) is 0. The third-order valence-corrected chi connectivity index (χ3v) is 3.53. The van der Waals surface area contributed by atoms with Gasteiger partial charge in [0.2, 0.25) is 0 Å². The van der Waals surface area contributed by atoms with Crippen molar-refractivity contribution in [2.24, 2.45) is 0 Å². The highest BCUT2D eigenvalue weighted by Gasteiger charge is 2.07. The number of benzene rings is 1. The predicted octanol–water partition coefficient (Wildman–Crippen LogP) is 4.18. The normalized spacial score (nSPS) is 10.9. The largest absolute Gasteiger partial charge is 0.464 e. The zero-order valence-electron chi connectivity index (χ0n) is 11.9. The molecule has 108 valence electrons. The van der Waals surface area contributed by atoms with Crippen LogP contribution in [-0.4, -0.2) is 6.54 Å². The van der Waals surface area contributed by atoms with Crippen LogP contribution in [0.2, 0.25) is 0 Å². The van der Waals surface area contributed by atoms with Crippen LogP contribution in [0.4, 0.5) is 0 Å². The van der Waals surface area contributed by atoms with Crippen LogP contribution in [0.3, 0.4) is 0 Å². The standard InChI is InChI=1S/C16H20BrNO2/c1-3-18-9-14-8-16(20-12(14)2)11-19-10-13-5-4-6-15(17)7-13/h4-8,18H,3,9-11H2,1-2H3. The number of aryl methyl sites for hydroxylation is 1. The summed E-state index contributed by atoms with van der Waals surface area (Å²) in [6.07, 6.45) is 0. The molecule has 0 radical (unpaired) electrons. The third kappa shape index (κ3) is 4.47. The molecule has 0 saturated heterocycles. The molecule has 1 heterocycles. The minimum atomic E-state index is 0.499. The van der Waals surface area contributed by atoms with E-state index in [-0.39, 0.29) is 0 Å². The third-order valence-electron chi connectivity index (χ3n) is 3.04. The maximum atomic E-state index is 5.70. The zero-order chi connectivity index (χ0) is 14.4. The van der Waals surface area contributed by atoms with E-state index < -0.39 is 0 Å². The predicted molar refractivity (Wildman–Crippen MR) is 83.5 cm³/mol. The Labute approximate surface area is 128 Å². The van der Waals surface area contributed by atoms with Crippen molar-refractivity contribution in [1.82, 2.24) is 5.32 Å². The molecular weight excluding hydrogens is 318 g/mol. The fraction of sp³-hybridized carbons (Fsp3) is 0.375. The molecule has 0 spiro atoms. The molecule has 1 N–H and O–H groups in total. The Hall–Kier alpha value is -1.10. The first kappa shape index (κ1) is 15.3. The summed E-state index contributed by atoms with van der Waals surface area (Å²) in [5.41, 5.74) is 2.35. The van der Waals surface area contributed by atoms with Gasteiger partial charge in [0, 0.05) is 16.6 Å². The lowest BCUT2D eigenvalue weighted by Gasteiger charge is -2.03. The van der Waals surface area contributed by atoms with Gasteiger partial charge in [0.1, 0.15) is 18.1 Å². The Morgan fingerprint density at radius 2 is 2.10 bits per heavy atom. The minimum absolute atomic E-state index is 0.499. The summed E-state index contributed by atoms with van der Waals surface area (Å²) in [5, 5.41) is 3.30. The highest BCUT2D eigenvalue weighted by atomic mass is 79.9. The van der Waals surface area contributed by atoms with Crippen LogP contribution in [-0.2, 0) is 24.5 Å². The highest BCUT2D eigenvalue weighted by molar-refractivity contribution is 9.10. The molecule has 0 aliphatic rings. The van der Waals surface area contributed by atoms with Gasteiger partial charge in [0.25, 0.3) is 0 Å². The Bertz CT molecular complexity index is 551. The summed E-state index contributed by atoms with van der Waals surface area (Å²) in [4.78, 5) is 0. The first-order valence-electron chi connectivity index (χ1n) is 6.80. The van der Waals surface area contributed by atoms with E-state index in [4.69, 9.17) is 9.15 Å². The van der Waals surface area contributed by atoms with Crippen LogP contribution in [0, 0.1) is 6.92 Å². The van der Waals surface area contributed by atoms with Crippen LogP contribution < -0.4 is 5.32 Å². The highest BCUT2D eigenvalue weighted by Crippen LogP contribution is 2.17. The number of ether oxygens (including phenoxy) is 1. The molecule has 0 aliphatic heterocycles. The molecule has 0 amide bonds. The van der Waals surface area contributed by atoms with Crippen LogP contribution in [0.25, 0.3) is 0 Å². The Morgan fingerprint density at radius 1 is 1.25 bits per heavy atom. The first-order valence-corrected chi connectivity index (χ1v) is 7.59. The lowest BCUT2D eigenvalue weighted by Crippen LogP contribution is -2.11. The van der Waals surface area contributed by atoms with Crippen molar-refractivity contribution in [2.75, 3.05) is 6.54 Å². The number of halogens is 1. The van der Waals surface area contributed by atoms with E-state index >= 15 is 0 Å². The molecule has 0 unspecified atom stereocenters. The summed E-state index contributed by atoms with van der Waals surface area (Å²) in [5.74, 6) is 1.84.